The van der Waals surface area contributed by atoms with E-state index in [1.165, 1.54) is 25.3 Å². The number of oxazole rings is 1. The highest BCUT2D eigenvalue weighted by Gasteiger charge is 2.37. The first-order valence-electron chi connectivity index (χ1n) is 12.2. The van der Waals surface area contributed by atoms with E-state index in [1.807, 2.05) is 36.4 Å². The minimum Gasteiger partial charge on any atom is -0.496 e. The number of hydrogen-bond donors (Lipinski definition) is 1. The van der Waals surface area contributed by atoms with Crippen LogP contribution < -0.4 is 9.64 Å². The Kier molecular flexibility index (Phi) is 5.08. The Bertz CT molecular complexity index is 2030. The number of hydrogen-bond acceptors (Lipinski definition) is 7. The van der Waals surface area contributed by atoms with Gasteiger partial charge in [0.1, 0.15) is 17.0 Å². The van der Waals surface area contributed by atoms with Crippen LogP contribution in [0.15, 0.2) is 94.0 Å². The molecule has 1 aliphatic rings. The second-order valence-corrected chi connectivity index (χ2v) is 9.25. The lowest BCUT2D eigenvalue weighted by Crippen LogP contribution is -2.29. The largest absolute Gasteiger partial charge is 0.496 e. The van der Waals surface area contributed by atoms with Gasteiger partial charge in [0.15, 0.2) is 5.58 Å². The third-order valence-corrected chi connectivity index (χ3v) is 6.96. The maximum atomic E-state index is 13.2. The van der Waals surface area contributed by atoms with E-state index < -0.39 is 17.8 Å². The highest BCUT2D eigenvalue weighted by atomic mass is 16.5. The molecular weight excluding hydrogens is 512 g/mol. The number of ether oxygens (including phenoxy) is 1. The number of carboxylic acids is 1. The molecule has 0 saturated carbocycles. The molecule has 1 N–H and O–H groups in total. The number of amides is 2. The SMILES string of the molecule is COc1ccc(N2C(=O)c3ccc(C(=O)O)cc3C2=O)cc1-c1nc2cc(-c3occ4ccccc34)ccc2o1. The normalized spacial score (nSPS) is 12.9. The van der Waals surface area contributed by atoms with Crippen LogP contribution in [0.3, 0.4) is 0 Å². The van der Waals surface area contributed by atoms with E-state index in [0.717, 1.165) is 27.0 Å². The molecule has 7 rings (SSSR count). The molecule has 0 spiro atoms. The summed E-state index contributed by atoms with van der Waals surface area (Å²) >= 11 is 0. The Balaban J connectivity index is 1.29. The molecule has 0 saturated heterocycles. The summed E-state index contributed by atoms with van der Waals surface area (Å²) in [6.45, 7) is 0. The molecule has 194 valence electrons. The number of nitrogens with zero attached hydrogens (tertiary/aromatic N) is 2. The highest BCUT2D eigenvalue weighted by Crippen LogP contribution is 2.39. The summed E-state index contributed by atoms with van der Waals surface area (Å²) in [5.74, 6) is -0.976. The van der Waals surface area contributed by atoms with Crippen LogP contribution in [0.5, 0.6) is 5.75 Å². The lowest BCUT2D eigenvalue weighted by molar-refractivity contribution is 0.0696. The van der Waals surface area contributed by atoms with Gasteiger partial charge < -0.3 is 18.7 Å². The fourth-order valence-corrected chi connectivity index (χ4v) is 5.01. The Hall–Kier alpha value is -5.70. The van der Waals surface area contributed by atoms with Gasteiger partial charge in [0.05, 0.1) is 41.3 Å². The van der Waals surface area contributed by atoms with Crippen molar-refractivity contribution in [1.82, 2.24) is 4.98 Å². The topological polar surface area (TPSA) is 123 Å². The third kappa shape index (κ3) is 3.48. The molecule has 0 fully saturated rings. The molecule has 9 nitrogen and oxygen atoms in total. The second kappa shape index (κ2) is 8.67. The van der Waals surface area contributed by atoms with Crippen LogP contribution in [0.1, 0.15) is 31.1 Å². The van der Waals surface area contributed by atoms with E-state index in [9.17, 15) is 19.5 Å². The quantitative estimate of drug-likeness (QED) is 0.254. The molecule has 0 atom stereocenters. The first-order valence-corrected chi connectivity index (χ1v) is 12.2. The highest BCUT2D eigenvalue weighted by molar-refractivity contribution is 6.34. The van der Waals surface area contributed by atoms with Crippen LogP contribution in [0.25, 0.3) is 44.7 Å². The maximum absolute atomic E-state index is 13.2. The van der Waals surface area contributed by atoms with Crippen molar-refractivity contribution in [3.05, 3.63) is 102 Å². The number of anilines is 1. The van der Waals surface area contributed by atoms with Crippen molar-refractivity contribution in [2.45, 2.75) is 0 Å². The molecule has 2 amide bonds. The van der Waals surface area contributed by atoms with Crippen molar-refractivity contribution in [2.24, 2.45) is 0 Å². The molecule has 3 heterocycles. The van der Waals surface area contributed by atoms with E-state index in [1.54, 1.807) is 30.5 Å². The van der Waals surface area contributed by atoms with Crippen LogP contribution in [0.4, 0.5) is 5.69 Å². The first-order chi connectivity index (χ1) is 19.4. The zero-order valence-corrected chi connectivity index (χ0v) is 20.9. The van der Waals surface area contributed by atoms with Crippen molar-refractivity contribution in [2.75, 3.05) is 12.0 Å². The fraction of sp³-hybridized carbons (Fsp3) is 0.0323. The third-order valence-electron chi connectivity index (χ3n) is 6.96. The van der Waals surface area contributed by atoms with E-state index in [0.29, 0.717) is 22.4 Å². The zero-order chi connectivity index (χ0) is 27.5. The number of aromatic carboxylic acids is 1. The fourth-order valence-electron chi connectivity index (χ4n) is 5.01. The first kappa shape index (κ1) is 23.4. The van der Waals surface area contributed by atoms with E-state index in [4.69, 9.17) is 13.6 Å². The van der Waals surface area contributed by atoms with Crippen molar-refractivity contribution >= 4 is 45.3 Å². The molecule has 6 aromatic rings. The zero-order valence-electron chi connectivity index (χ0n) is 20.9. The summed E-state index contributed by atoms with van der Waals surface area (Å²) in [7, 11) is 1.50. The summed E-state index contributed by atoms with van der Waals surface area (Å²) in [5.41, 5.74) is 2.74. The summed E-state index contributed by atoms with van der Waals surface area (Å²) in [6, 6.07) is 22.1. The number of carbonyl (C=O) groups excluding carboxylic acids is 2. The molecule has 40 heavy (non-hydrogen) atoms. The number of fused-ring (bicyclic) bond motifs is 3. The lowest BCUT2D eigenvalue weighted by Gasteiger charge is -2.16. The molecule has 2 aromatic heterocycles. The van der Waals surface area contributed by atoms with Gasteiger partial charge in [-0.05, 0) is 54.6 Å². The number of benzene rings is 4. The van der Waals surface area contributed by atoms with E-state index in [2.05, 4.69) is 4.98 Å². The minimum atomic E-state index is -1.19. The van der Waals surface area contributed by atoms with Crippen LogP contribution >= 0.6 is 0 Å². The van der Waals surface area contributed by atoms with Crippen molar-refractivity contribution in [1.29, 1.82) is 0 Å². The van der Waals surface area contributed by atoms with Crippen LogP contribution in [0.2, 0.25) is 0 Å². The van der Waals surface area contributed by atoms with Crippen LogP contribution in [0, 0.1) is 0 Å². The molecular formula is C31H18N2O7. The van der Waals surface area contributed by atoms with Gasteiger partial charge in [0, 0.05) is 16.3 Å². The molecule has 4 aromatic carbocycles. The maximum Gasteiger partial charge on any atom is 0.335 e. The molecule has 0 bridgehead atoms. The van der Waals surface area contributed by atoms with Gasteiger partial charge in [-0.25, -0.2) is 14.7 Å². The van der Waals surface area contributed by atoms with Gasteiger partial charge >= 0.3 is 5.97 Å². The van der Waals surface area contributed by atoms with Crippen LogP contribution in [-0.4, -0.2) is 35.0 Å². The van der Waals surface area contributed by atoms with Crippen molar-refractivity contribution < 1.29 is 33.1 Å². The van der Waals surface area contributed by atoms with Gasteiger partial charge in [-0.15, -0.1) is 0 Å². The van der Waals surface area contributed by atoms with Gasteiger partial charge in [-0.2, -0.15) is 0 Å². The Morgan fingerprint density at radius 2 is 1.73 bits per heavy atom. The number of imide groups is 1. The number of carbonyl (C=O) groups is 3. The van der Waals surface area contributed by atoms with Gasteiger partial charge in [0.2, 0.25) is 5.89 Å². The predicted molar refractivity (Wildman–Crippen MR) is 146 cm³/mol. The minimum absolute atomic E-state index is 0.0297. The number of methoxy groups -OCH3 is 1. The average Bonchev–Trinajstić information content (AvgIpc) is 3.66. The number of aromatic nitrogens is 1. The van der Waals surface area contributed by atoms with Gasteiger partial charge in [-0.1, -0.05) is 24.3 Å². The molecule has 0 unspecified atom stereocenters. The predicted octanol–water partition coefficient (Wildman–Crippen LogP) is 6.42. The number of furan rings is 1. The average molecular weight is 530 g/mol. The molecule has 1 aliphatic heterocycles. The van der Waals surface area contributed by atoms with E-state index in [-0.39, 0.29) is 28.3 Å². The molecule has 9 heteroatoms. The Morgan fingerprint density at radius 1 is 0.900 bits per heavy atom. The monoisotopic (exact) mass is 530 g/mol. The summed E-state index contributed by atoms with van der Waals surface area (Å²) < 4.78 is 17.4. The van der Waals surface area contributed by atoms with Crippen molar-refractivity contribution in [3.63, 3.8) is 0 Å². The smallest absolute Gasteiger partial charge is 0.335 e. The van der Waals surface area contributed by atoms with Gasteiger partial charge in [0.25, 0.3) is 11.8 Å². The van der Waals surface area contributed by atoms with Crippen molar-refractivity contribution in [3.8, 4) is 28.5 Å². The standard InChI is InChI=1S/C31H18N2O7/c1-38-25-11-8-19(33-29(34)21-9-6-17(31(36)37)12-22(21)30(33)35)14-23(25)28-32-24-13-16(7-10-26(24)40-28)27-20-5-3-2-4-18(20)15-39-27/h2-15H,1H3,(H,36,37). The summed E-state index contributed by atoms with van der Waals surface area (Å²) in [5, 5.41) is 11.3. The molecule has 0 aliphatic carbocycles. The number of carboxylic acid groups (broad SMARTS) is 1. The molecule has 0 radical (unpaired) electrons. The summed E-state index contributed by atoms with van der Waals surface area (Å²) in [4.78, 5) is 43.4. The lowest BCUT2D eigenvalue weighted by atomic mass is 10.1. The Labute approximate surface area is 225 Å². The van der Waals surface area contributed by atoms with E-state index >= 15 is 0 Å². The summed E-state index contributed by atoms with van der Waals surface area (Å²) in [6.07, 6.45) is 1.71. The van der Waals surface area contributed by atoms with Gasteiger partial charge in [-0.3, -0.25) is 9.59 Å². The second-order valence-electron chi connectivity index (χ2n) is 9.25. The number of rotatable bonds is 5. The van der Waals surface area contributed by atoms with Crippen LogP contribution in [-0.2, 0) is 0 Å². The Morgan fingerprint density at radius 3 is 2.55 bits per heavy atom.